The van der Waals surface area contributed by atoms with Crippen LogP contribution >= 0.6 is 0 Å². The monoisotopic (exact) mass is 260 g/mol. The first-order valence-electron chi connectivity index (χ1n) is 6.55. The number of hydrogen-bond acceptors (Lipinski definition) is 3. The summed E-state index contributed by atoms with van der Waals surface area (Å²) in [6.45, 7) is 2.04. The third-order valence-corrected chi connectivity index (χ3v) is 3.67. The van der Waals surface area contributed by atoms with Crippen LogP contribution in [-0.2, 0) is 11.2 Å². The van der Waals surface area contributed by atoms with Gasteiger partial charge >= 0.3 is 0 Å². The van der Waals surface area contributed by atoms with Crippen LogP contribution in [0.3, 0.4) is 0 Å². The molecule has 1 aliphatic rings. The van der Waals surface area contributed by atoms with Crippen LogP contribution in [0.1, 0.15) is 25.3 Å². The van der Waals surface area contributed by atoms with Gasteiger partial charge in [0.25, 0.3) is 0 Å². The van der Waals surface area contributed by atoms with Gasteiger partial charge in [-0.05, 0) is 49.5 Å². The van der Waals surface area contributed by atoms with Gasteiger partial charge in [0, 0.05) is 12.5 Å². The summed E-state index contributed by atoms with van der Waals surface area (Å²) in [6.07, 6.45) is 4.29. The van der Waals surface area contributed by atoms with Gasteiger partial charge in [0.05, 0.1) is 14.2 Å². The molecule has 0 fully saturated rings. The minimum Gasteiger partial charge on any atom is -0.497 e. The van der Waals surface area contributed by atoms with Crippen LogP contribution in [0.5, 0.6) is 11.5 Å². The van der Waals surface area contributed by atoms with E-state index in [1.807, 2.05) is 25.1 Å². The number of methoxy groups -OCH3 is 2. The highest BCUT2D eigenvalue weighted by molar-refractivity contribution is 5.91. The predicted octanol–water partition coefficient (Wildman–Crippen LogP) is 3.17. The van der Waals surface area contributed by atoms with Gasteiger partial charge in [-0.3, -0.25) is 4.79 Å². The summed E-state index contributed by atoms with van der Waals surface area (Å²) < 4.78 is 10.6. The maximum Gasteiger partial charge on any atom is 0.155 e. The fourth-order valence-electron chi connectivity index (χ4n) is 2.52. The van der Waals surface area contributed by atoms with Gasteiger partial charge in [-0.2, -0.15) is 0 Å². The van der Waals surface area contributed by atoms with Crippen molar-refractivity contribution >= 4 is 5.78 Å². The molecule has 0 saturated carbocycles. The van der Waals surface area contributed by atoms with E-state index in [1.165, 1.54) is 11.1 Å². The van der Waals surface area contributed by atoms with Crippen molar-refractivity contribution in [1.82, 2.24) is 0 Å². The normalized spacial score (nSPS) is 19.0. The van der Waals surface area contributed by atoms with E-state index in [9.17, 15) is 4.79 Å². The van der Waals surface area contributed by atoms with E-state index in [0.29, 0.717) is 12.3 Å². The molecule has 0 amide bonds. The molecule has 102 valence electrons. The van der Waals surface area contributed by atoms with Gasteiger partial charge in [0.1, 0.15) is 11.5 Å². The summed E-state index contributed by atoms with van der Waals surface area (Å²) in [5.74, 6) is 2.30. The molecule has 1 aromatic carbocycles. The molecular weight excluding hydrogens is 240 g/mol. The van der Waals surface area contributed by atoms with Crippen molar-refractivity contribution in [2.45, 2.75) is 26.2 Å². The van der Waals surface area contributed by atoms with Crippen molar-refractivity contribution in [2.75, 3.05) is 14.2 Å². The molecule has 3 nitrogen and oxygen atoms in total. The highest BCUT2D eigenvalue weighted by atomic mass is 16.5. The van der Waals surface area contributed by atoms with Crippen LogP contribution in [0.25, 0.3) is 0 Å². The quantitative estimate of drug-likeness (QED) is 0.834. The molecule has 0 spiro atoms. The first-order chi connectivity index (χ1) is 9.12. The molecule has 0 saturated heterocycles. The maximum absolute atomic E-state index is 11.4. The second-order valence-corrected chi connectivity index (χ2v) is 5.02. The smallest absolute Gasteiger partial charge is 0.155 e. The highest BCUT2D eigenvalue weighted by Crippen LogP contribution is 2.29. The number of hydrogen-bond donors (Lipinski definition) is 0. The summed E-state index contributed by atoms with van der Waals surface area (Å²) in [5, 5.41) is 0. The fourth-order valence-corrected chi connectivity index (χ4v) is 2.52. The number of ether oxygens (including phenoxy) is 2. The van der Waals surface area contributed by atoms with Crippen molar-refractivity contribution in [3.8, 4) is 11.5 Å². The summed E-state index contributed by atoms with van der Waals surface area (Å²) in [4.78, 5) is 11.4. The predicted molar refractivity (Wildman–Crippen MR) is 74.7 cm³/mol. The summed E-state index contributed by atoms with van der Waals surface area (Å²) in [6, 6.07) is 5.94. The van der Waals surface area contributed by atoms with E-state index in [4.69, 9.17) is 9.47 Å². The van der Waals surface area contributed by atoms with Crippen LogP contribution in [0.4, 0.5) is 0 Å². The van der Waals surface area contributed by atoms with Gasteiger partial charge < -0.3 is 9.47 Å². The Labute approximate surface area is 114 Å². The van der Waals surface area contributed by atoms with E-state index in [1.54, 1.807) is 20.3 Å². The Bertz CT molecular complexity index is 480. The van der Waals surface area contributed by atoms with Crippen molar-refractivity contribution in [1.29, 1.82) is 0 Å². The zero-order valence-corrected chi connectivity index (χ0v) is 11.7. The van der Waals surface area contributed by atoms with E-state index < -0.39 is 0 Å². The molecule has 0 N–H and O–H groups in total. The second kappa shape index (κ2) is 5.91. The fraction of sp³-hybridized carbons (Fsp3) is 0.438. The molecule has 1 aliphatic carbocycles. The zero-order valence-electron chi connectivity index (χ0n) is 11.7. The SMILES string of the molecule is COc1cc(CC2CCC(=O)C=C2C)cc(OC)c1. The molecular formula is C16H20O3. The Kier molecular flexibility index (Phi) is 4.25. The molecule has 3 heteroatoms. The third-order valence-electron chi connectivity index (χ3n) is 3.67. The summed E-state index contributed by atoms with van der Waals surface area (Å²) >= 11 is 0. The lowest BCUT2D eigenvalue weighted by atomic mass is 9.83. The molecule has 0 heterocycles. The maximum atomic E-state index is 11.4. The first kappa shape index (κ1) is 13.7. The lowest BCUT2D eigenvalue weighted by Gasteiger charge is -2.21. The Morgan fingerprint density at radius 1 is 1.16 bits per heavy atom. The number of benzene rings is 1. The van der Waals surface area contributed by atoms with Crippen molar-refractivity contribution in [2.24, 2.45) is 5.92 Å². The average Bonchev–Trinajstić information content (AvgIpc) is 2.41. The largest absolute Gasteiger partial charge is 0.497 e. The van der Waals surface area contributed by atoms with Crippen LogP contribution < -0.4 is 9.47 Å². The summed E-state index contributed by atoms with van der Waals surface area (Å²) in [5.41, 5.74) is 2.36. The van der Waals surface area contributed by atoms with Crippen molar-refractivity contribution in [3.05, 3.63) is 35.4 Å². The number of carbonyl (C=O) groups is 1. The van der Waals surface area contributed by atoms with E-state index in [0.717, 1.165) is 24.3 Å². The van der Waals surface area contributed by atoms with Gasteiger partial charge in [-0.1, -0.05) is 5.57 Å². The number of allylic oxidation sites excluding steroid dienone is 2. The Morgan fingerprint density at radius 2 is 1.79 bits per heavy atom. The van der Waals surface area contributed by atoms with Crippen LogP contribution in [0, 0.1) is 5.92 Å². The summed E-state index contributed by atoms with van der Waals surface area (Å²) in [7, 11) is 3.31. The van der Waals surface area contributed by atoms with E-state index in [-0.39, 0.29) is 5.78 Å². The van der Waals surface area contributed by atoms with E-state index >= 15 is 0 Å². The van der Waals surface area contributed by atoms with Crippen molar-refractivity contribution < 1.29 is 14.3 Å². The number of rotatable bonds is 4. The molecule has 1 aromatic rings. The van der Waals surface area contributed by atoms with Gasteiger partial charge in [-0.15, -0.1) is 0 Å². The number of carbonyl (C=O) groups excluding carboxylic acids is 1. The zero-order chi connectivity index (χ0) is 13.8. The molecule has 0 radical (unpaired) electrons. The molecule has 0 aliphatic heterocycles. The second-order valence-electron chi connectivity index (χ2n) is 5.02. The Balaban J connectivity index is 2.19. The molecule has 1 atom stereocenters. The molecule has 2 rings (SSSR count). The van der Waals surface area contributed by atoms with Crippen molar-refractivity contribution in [3.63, 3.8) is 0 Å². The molecule has 0 aromatic heterocycles. The standard InChI is InChI=1S/C16H20O3/c1-11-6-14(17)5-4-13(11)7-12-8-15(18-2)10-16(9-12)19-3/h6,8-10,13H,4-5,7H2,1-3H3. The van der Waals surface area contributed by atoms with Gasteiger partial charge in [0.2, 0.25) is 0 Å². The lowest BCUT2D eigenvalue weighted by molar-refractivity contribution is -0.115. The lowest BCUT2D eigenvalue weighted by Crippen LogP contribution is -2.14. The topological polar surface area (TPSA) is 35.5 Å². The van der Waals surface area contributed by atoms with Crippen LogP contribution in [-0.4, -0.2) is 20.0 Å². The molecule has 19 heavy (non-hydrogen) atoms. The van der Waals surface area contributed by atoms with E-state index in [2.05, 4.69) is 0 Å². The first-order valence-corrected chi connectivity index (χ1v) is 6.55. The van der Waals surface area contributed by atoms with Gasteiger partial charge in [0.15, 0.2) is 5.78 Å². The number of ketones is 1. The molecule has 0 bridgehead atoms. The average molecular weight is 260 g/mol. The van der Waals surface area contributed by atoms with Crippen LogP contribution in [0.15, 0.2) is 29.8 Å². The Morgan fingerprint density at radius 3 is 2.32 bits per heavy atom. The Hall–Kier alpha value is -1.77. The van der Waals surface area contributed by atoms with Gasteiger partial charge in [-0.25, -0.2) is 0 Å². The third kappa shape index (κ3) is 3.37. The molecule has 1 unspecified atom stereocenters. The minimum absolute atomic E-state index is 0.247. The van der Waals surface area contributed by atoms with Crippen LogP contribution in [0.2, 0.25) is 0 Å². The highest BCUT2D eigenvalue weighted by Gasteiger charge is 2.19. The minimum atomic E-state index is 0.247.